The van der Waals surface area contributed by atoms with Crippen molar-refractivity contribution in [3.63, 3.8) is 0 Å². The van der Waals surface area contributed by atoms with Crippen molar-refractivity contribution in [2.24, 2.45) is 4.99 Å². The third kappa shape index (κ3) is 3.91. The third-order valence-corrected chi connectivity index (χ3v) is 2.83. The van der Waals surface area contributed by atoms with Gasteiger partial charge in [-0.3, -0.25) is 15.1 Å². The first-order valence-electron chi connectivity index (χ1n) is 4.95. The molecule has 1 rings (SSSR count). The van der Waals surface area contributed by atoms with E-state index in [4.69, 9.17) is 23.2 Å². The van der Waals surface area contributed by atoms with E-state index in [-0.39, 0.29) is 12.3 Å². The first kappa shape index (κ1) is 13.8. The molecule has 0 unspecified atom stereocenters. The van der Waals surface area contributed by atoms with Gasteiger partial charge in [0.25, 0.3) is 0 Å². The van der Waals surface area contributed by atoms with Crippen molar-refractivity contribution < 1.29 is 4.79 Å². The number of halogens is 2. The molecule has 0 aromatic heterocycles. The highest BCUT2D eigenvalue weighted by Crippen LogP contribution is 2.24. The normalized spacial score (nSPS) is 11.2. The average molecular weight is 274 g/mol. The van der Waals surface area contributed by atoms with E-state index in [0.717, 1.165) is 0 Å². The molecule has 1 aromatic rings. The molecule has 0 aliphatic carbocycles. The zero-order valence-corrected chi connectivity index (χ0v) is 11.1. The van der Waals surface area contributed by atoms with E-state index in [2.05, 4.69) is 15.6 Å². The molecule has 0 fully saturated rings. The molecular formula is C11H13Cl2N3O. The van der Waals surface area contributed by atoms with E-state index < -0.39 is 0 Å². The van der Waals surface area contributed by atoms with Crippen LogP contribution in [-0.4, -0.2) is 26.0 Å². The van der Waals surface area contributed by atoms with Crippen LogP contribution in [0.2, 0.25) is 10.0 Å². The zero-order chi connectivity index (χ0) is 12.8. The van der Waals surface area contributed by atoms with Crippen molar-refractivity contribution in [2.75, 3.05) is 14.1 Å². The first-order chi connectivity index (χ1) is 8.08. The van der Waals surface area contributed by atoms with E-state index in [0.29, 0.717) is 21.6 Å². The van der Waals surface area contributed by atoms with Crippen LogP contribution in [0, 0.1) is 0 Å². The van der Waals surface area contributed by atoms with Crippen molar-refractivity contribution in [1.29, 1.82) is 0 Å². The lowest BCUT2D eigenvalue weighted by atomic mass is 10.1. The Morgan fingerprint density at radius 3 is 2.41 bits per heavy atom. The van der Waals surface area contributed by atoms with Crippen LogP contribution in [-0.2, 0) is 11.2 Å². The van der Waals surface area contributed by atoms with Gasteiger partial charge in [0.05, 0.1) is 6.42 Å². The van der Waals surface area contributed by atoms with Gasteiger partial charge in [-0.05, 0) is 17.7 Å². The van der Waals surface area contributed by atoms with Gasteiger partial charge in [-0.1, -0.05) is 29.3 Å². The maximum Gasteiger partial charge on any atom is 0.231 e. The number of nitrogens with zero attached hydrogens (tertiary/aromatic N) is 1. The molecule has 0 aliphatic rings. The highest BCUT2D eigenvalue weighted by molar-refractivity contribution is 6.36. The second-order valence-electron chi connectivity index (χ2n) is 3.25. The minimum Gasteiger partial charge on any atom is -0.359 e. The Balaban J connectivity index is 2.75. The van der Waals surface area contributed by atoms with Crippen molar-refractivity contribution in [1.82, 2.24) is 10.6 Å². The van der Waals surface area contributed by atoms with Gasteiger partial charge in [0.2, 0.25) is 5.91 Å². The van der Waals surface area contributed by atoms with Gasteiger partial charge in [0, 0.05) is 24.1 Å². The number of hydrogen-bond acceptors (Lipinski definition) is 2. The van der Waals surface area contributed by atoms with Crippen LogP contribution < -0.4 is 10.6 Å². The molecule has 0 saturated carbocycles. The smallest absolute Gasteiger partial charge is 0.231 e. The van der Waals surface area contributed by atoms with Crippen LogP contribution in [0.4, 0.5) is 0 Å². The highest BCUT2D eigenvalue weighted by Gasteiger charge is 2.11. The Kier molecular flexibility index (Phi) is 5.25. The number of rotatable bonds is 2. The molecule has 4 nitrogen and oxygen atoms in total. The maximum absolute atomic E-state index is 11.7. The number of guanidine groups is 1. The summed E-state index contributed by atoms with van der Waals surface area (Å²) in [5, 5.41) is 6.31. The van der Waals surface area contributed by atoms with Crippen LogP contribution in [0.15, 0.2) is 23.2 Å². The molecule has 0 radical (unpaired) electrons. The largest absolute Gasteiger partial charge is 0.359 e. The monoisotopic (exact) mass is 273 g/mol. The standard InChI is InChI=1S/C11H13Cl2N3O/c1-14-11(15-2)16-10(17)6-7-8(12)4-3-5-9(7)13/h3-5H,6H2,1-2H3,(H2,14,15,16,17). The second-order valence-corrected chi connectivity index (χ2v) is 4.06. The Morgan fingerprint density at radius 2 is 1.94 bits per heavy atom. The van der Waals surface area contributed by atoms with E-state index in [1.54, 1.807) is 32.3 Å². The van der Waals surface area contributed by atoms with Crippen LogP contribution in [0.1, 0.15) is 5.56 Å². The minimum absolute atomic E-state index is 0.110. The number of amides is 1. The summed E-state index contributed by atoms with van der Waals surface area (Å²) in [4.78, 5) is 15.5. The van der Waals surface area contributed by atoms with Gasteiger partial charge in [-0.25, -0.2) is 0 Å². The summed E-state index contributed by atoms with van der Waals surface area (Å²) in [6.07, 6.45) is 0.110. The third-order valence-electron chi connectivity index (χ3n) is 2.12. The first-order valence-corrected chi connectivity index (χ1v) is 5.71. The van der Waals surface area contributed by atoms with Gasteiger partial charge in [0.15, 0.2) is 5.96 Å². The molecule has 1 amide bonds. The topological polar surface area (TPSA) is 53.5 Å². The lowest BCUT2D eigenvalue weighted by Crippen LogP contribution is -2.39. The van der Waals surface area contributed by atoms with Crippen molar-refractivity contribution in [3.8, 4) is 0 Å². The van der Waals surface area contributed by atoms with Crippen molar-refractivity contribution in [3.05, 3.63) is 33.8 Å². The number of carbonyl (C=O) groups excluding carboxylic acids is 1. The number of benzene rings is 1. The summed E-state index contributed by atoms with van der Waals surface area (Å²) in [5.74, 6) is 0.174. The number of hydrogen-bond donors (Lipinski definition) is 2. The lowest BCUT2D eigenvalue weighted by molar-refractivity contribution is -0.119. The Morgan fingerprint density at radius 1 is 1.35 bits per heavy atom. The van der Waals surface area contributed by atoms with Crippen LogP contribution in [0.5, 0.6) is 0 Å². The molecular weight excluding hydrogens is 261 g/mol. The van der Waals surface area contributed by atoms with E-state index in [1.165, 1.54) is 0 Å². The minimum atomic E-state index is -0.227. The molecule has 0 atom stereocenters. The number of carbonyl (C=O) groups is 1. The van der Waals surface area contributed by atoms with Crippen LogP contribution >= 0.6 is 23.2 Å². The summed E-state index contributed by atoms with van der Waals surface area (Å²) < 4.78 is 0. The summed E-state index contributed by atoms with van der Waals surface area (Å²) >= 11 is 11.9. The Labute approximate surface area is 110 Å². The predicted molar refractivity (Wildman–Crippen MR) is 70.7 cm³/mol. The molecule has 2 N–H and O–H groups in total. The summed E-state index contributed by atoms with van der Waals surface area (Å²) in [6, 6.07) is 5.13. The van der Waals surface area contributed by atoms with Gasteiger partial charge in [-0.2, -0.15) is 0 Å². The molecule has 0 bridgehead atoms. The van der Waals surface area contributed by atoms with Gasteiger partial charge in [-0.15, -0.1) is 0 Å². The fourth-order valence-corrected chi connectivity index (χ4v) is 1.80. The van der Waals surface area contributed by atoms with E-state index in [9.17, 15) is 4.79 Å². The molecule has 92 valence electrons. The zero-order valence-electron chi connectivity index (χ0n) is 9.55. The second kappa shape index (κ2) is 6.47. The van der Waals surface area contributed by atoms with Crippen molar-refractivity contribution >= 4 is 35.1 Å². The summed E-state index contributed by atoms with van der Waals surface area (Å²) in [5.41, 5.74) is 0.611. The molecule has 0 spiro atoms. The molecule has 1 aromatic carbocycles. The van der Waals surface area contributed by atoms with Gasteiger partial charge >= 0.3 is 0 Å². The fraction of sp³-hybridized carbons (Fsp3) is 0.273. The van der Waals surface area contributed by atoms with E-state index in [1.807, 2.05) is 0 Å². The quantitative estimate of drug-likeness (QED) is 0.639. The molecule has 17 heavy (non-hydrogen) atoms. The predicted octanol–water partition coefficient (Wildman–Crippen LogP) is 1.86. The van der Waals surface area contributed by atoms with Crippen LogP contribution in [0.3, 0.4) is 0 Å². The molecule has 6 heteroatoms. The highest BCUT2D eigenvalue weighted by atomic mass is 35.5. The lowest BCUT2D eigenvalue weighted by Gasteiger charge is -2.09. The number of nitrogens with one attached hydrogen (secondary N) is 2. The number of aliphatic imine (C=N–C) groups is 1. The summed E-state index contributed by atoms with van der Waals surface area (Å²) in [6.45, 7) is 0. The maximum atomic E-state index is 11.7. The fourth-order valence-electron chi connectivity index (χ4n) is 1.27. The van der Waals surface area contributed by atoms with Gasteiger partial charge < -0.3 is 5.32 Å². The van der Waals surface area contributed by atoms with Gasteiger partial charge in [0.1, 0.15) is 0 Å². The van der Waals surface area contributed by atoms with E-state index >= 15 is 0 Å². The van der Waals surface area contributed by atoms with Crippen molar-refractivity contribution in [2.45, 2.75) is 6.42 Å². The molecule has 0 aliphatic heterocycles. The Bertz CT molecular complexity index is 426. The SMILES string of the molecule is CN=C(NC)NC(=O)Cc1c(Cl)cccc1Cl. The average Bonchev–Trinajstić information content (AvgIpc) is 2.31. The molecule has 0 saturated heterocycles. The Hall–Kier alpha value is -1.26. The summed E-state index contributed by atoms with van der Waals surface area (Å²) in [7, 11) is 3.25. The molecule has 0 heterocycles. The van der Waals surface area contributed by atoms with Crippen LogP contribution in [0.25, 0.3) is 0 Å².